The molecule has 0 fully saturated rings. The number of halogens is 3. The number of alkyl halides is 3. The average Bonchev–Trinajstić information content (AvgIpc) is 1.85. The normalized spacial score (nSPS) is 12.4. The van der Waals surface area contributed by atoms with Crippen molar-refractivity contribution in [2.45, 2.75) is 6.43 Å². The van der Waals surface area contributed by atoms with Crippen molar-refractivity contribution in [3.05, 3.63) is 0 Å². The Balaban J connectivity index is 3.70. The van der Waals surface area contributed by atoms with Gasteiger partial charge in [-0.3, -0.25) is 0 Å². The quantitative estimate of drug-likeness (QED) is 0.726. The number of rotatable bonds is 4. The fourth-order valence-corrected chi connectivity index (χ4v) is 1.17. The van der Waals surface area contributed by atoms with Crippen LogP contribution in [0.5, 0.6) is 0 Å². The van der Waals surface area contributed by atoms with Gasteiger partial charge in [-0.15, -0.1) is 0 Å². The van der Waals surface area contributed by atoms with E-state index in [0.29, 0.717) is 0 Å². The van der Waals surface area contributed by atoms with Crippen LogP contribution in [0.4, 0.5) is 8.78 Å². The van der Waals surface area contributed by atoms with Crippen LogP contribution in [0.15, 0.2) is 0 Å². The summed E-state index contributed by atoms with van der Waals surface area (Å²) in [5.41, 5.74) is 0. The van der Waals surface area contributed by atoms with Gasteiger partial charge in [0.05, 0.1) is 6.54 Å². The van der Waals surface area contributed by atoms with Gasteiger partial charge in [0.25, 0.3) is 6.43 Å². The number of hydrogen-bond acceptors (Lipinski definition) is 2. The molecule has 0 saturated carbocycles. The van der Waals surface area contributed by atoms with Gasteiger partial charge in [0.2, 0.25) is 10.0 Å². The first-order chi connectivity index (χ1) is 4.48. The predicted octanol–water partition coefficient (Wildman–Crippen LogP) is 0.523. The van der Waals surface area contributed by atoms with E-state index < -0.39 is 23.0 Å². The second-order valence-corrected chi connectivity index (χ2v) is 4.57. The van der Waals surface area contributed by atoms with E-state index in [0.717, 1.165) is 0 Å². The second kappa shape index (κ2) is 4.20. The van der Waals surface area contributed by atoms with Crippen molar-refractivity contribution >= 4 is 26.0 Å². The topological polar surface area (TPSA) is 46.2 Å². The van der Waals surface area contributed by atoms with Crippen LogP contribution in [0.2, 0.25) is 0 Å². The highest BCUT2D eigenvalue weighted by Crippen LogP contribution is 1.93. The van der Waals surface area contributed by atoms with Gasteiger partial charge in [-0.1, -0.05) is 15.9 Å². The molecule has 3 nitrogen and oxygen atoms in total. The summed E-state index contributed by atoms with van der Waals surface area (Å²) in [5, 5.41) is 0. The lowest BCUT2D eigenvalue weighted by molar-refractivity contribution is 0.153. The highest BCUT2D eigenvalue weighted by molar-refractivity contribution is 9.10. The van der Waals surface area contributed by atoms with Crippen LogP contribution in [-0.4, -0.2) is 26.1 Å². The van der Waals surface area contributed by atoms with E-state index in [4.69, 9.17) is 0 Å². The number of hydrogen-bond donors (Lipinski definition) is 1. The summed E-state index contributed by atoms with van der Waals surface area (Å²) in [6, 6.07) is 0. The molecule has 0 radical (unpaired) electrons. The van der Waals surface area contributed by atoms with Crippen molar-refractivity contribution in [3.8, 4) is 0 Å². The van der Waals surface area contributed by atoms with Gasteiger partial charge in [0.15, 0.2) is 0 Å². The summed E-state index contributed by atoms with van der Waals surface area (Å²) in [5.74, 6) is 0. The van der Waals surface area contributed by atoms with E-state index in [9.17, 15) is 17.2 Å². The average molecular weight is 238 g/mol. The Labute approximate surface area is 66.0 Å². The summed E-state index contributed by atoms with van der Waals surface area (Å²) in [4.78, 5) is 0. The first kappa shape index (κ1) is 10.2. The molecule has 0 rings (SSSR count). The van der Waals surface area contributed by atoms with E-state index in [1.54, 1.807) is 4.72 Å². The minimum atomic E-state index is -3.53. The molecular formula is C3H6BrF2NO2S. The lowest BCUT2D eigenvalue weighted by Crippen LogP contribution is -2.29. The molecule has 0 atom stereocenters. The largest absolute Gasteiger partial charge is 0.251 e. The van der Waals surface area contributed by atoms with Crippen LogP contribution in [0.25, 0.3) is 0 Å². The Bertz CT molecular complexity index is 181. The molecule has 0 heterocycles. The van der Waals surface area contributed by atoms with Crippen molar-refractivity contribution in [2.75, 3.05) is 11.2 Å². The molecule has 0 aromatic rings. The molecule has 0 unspecified atom stereocenters. The third-order valence-electron chi connectivity index (χ3n) is 0.601. The van der Waals surface area contributed by atoms with Gasteiger partial charge in [0, 0.05) is 0 Å². The van der Waals surface area contributed by atoms with Gasteiger partial charge in [-0.25, -0.2) is 21.9 Å². The highest BCUT2D eigenvalue weighted by atomic mass is 79.9. The molecule has 0 amide bonds. The molecule has 62 valence electrons. The first-order valence-electron chi connectivity index (χ1n) is 2.29. The van der Waals surface area contributed by atoms with Crippen LogP contribution in [0, 0.1) is 0 Å². The van der Waals surface area contributed by atoms with E-state index in [-0.39, 0.29) is 4.66 Å². The Morgan fingerprint density at radius 2 is 2.00 bits per heavy atom. The van der Waals surface area contributed by atoms with Crippen LogP contribution in [0.1, 0.15) is 0 Å². The first-order valence-corrected chi connectivity index (χ1v) is 5.07. The maximum Gasteiger partial charge on any atom is 0.251 e. The third-order valence-corrected chi connectivity index (χ3v) is 3.30. The van der Waals surface area contributed by atoms with E-state index >= 15 is 0 Å². The zero-order valence-electron chi connectivity index (χ0n) is 4.85. The third kappa shape index (κ3) is 5.07. The highest BCUT2D eigenvalue weighted by Gasteiger charge is 2.10. The summed E-state index contributed by atoms with van der Waals surface area (Å²) in [6.07, 6.45) is -2.64. The lowest BCUT2D eigenvalue weighted by Gasteiger charge is -2.00. The van der Waals surface area contributed by atoms with E-state index in [1.807, 2.05) is 0 Å². The molecule has 0 aliphatic carbocycles. The standard InChI is InChI=1S/C3H6BrF2NO2S/c4-2-10(8,9)7-1-3(5)6/h3,7H,1-2H2. The van der Waals surface area contributed by atoms with Crippen molar-refractivity contribution in [3.63, 3.8) is 0 Å². The van der Waals surface area contributed by atoms with Crippen LogP contribution >= 0.6 is 15.9 Å². The van der Waals surface area contributed by atoms with Gasteiger partial charge >= 0.3 is 0 Å². The molecule has 1 N–H and O–H groups in total. The zero-order valence-corrected chi connectivity index (χ0v) is 7.25. The smallest absolute Gasteiger partial charge is 0.212 e. The zero-order chi connectivity index (χ0) is 8.20. The molecule has 7 heteroatoms. The molecule has 0 spiro atoms. The van der Waals surface area contributed by atoms with Crippen molar-refractivity contribution < 1.29 is 17.2 Å². The van der Waals surface area contributed by atoms with Crippen LogP contribution in [0.3, 0.4) is 0 Å². The maximum absolute atomic E-state index is 11.4. The van der Waals surface area contributed by atoms with Crippen LogP contribution in [-0.2, 0) is 10.0 Å². The fourth-order valence-electron chi connectivity index (χ4n) is 0.229. The number of nitrogens with one attached hydrogen (secondary N) is 1. The molecule has 0 aromatic carbocycles. The van der Waals surface area contributed by atoms with E-state index in [2.05, 4.69) is 15.9 Å². The van der Waals surface area contributed by atoms with Crippen molar-refractivity contribution in [1.29, 1.82) is 0 Å². The van der Waals surface area contributed by atoms with Crippen molar-refractivity contribution in [1.82, 2.24) is 4.72 Å². The Morgan fingerprint density at radius 1 is 1.50 bits per heavy atom. The molecule has 0 saturated heterocycles. The molecule has 0 bridgehead atoms. The van der Waals surface area contributed by atoms with Crippen molar-refractivity contribution in [2.24, 2.45) is 0 Å². The minimum absolute atomic E-state index is 0.354. The number of sulfonamides is 1. The van der Waals surface area contributed by atoms with Gasteiger partial charge in [-0.05, 0) is 0 Å². The Morgan fingerprint density at radius 3 is 2.30 bits per heavy atom. The molecule has 0 aromatic heterocycles. The van der Waals surface area contributed by atoms with Gasteiger partial charge in [0.1, 0.15) is 4.66 Å². The summed E-state index contributed by atoms with van der Waals surface area (Å²) < 4.78 is 44.9. The fraction of sp³-hybridized carbons (Fsp3) is 1.00. The molecular weight excluding hydrogens is 232 g/mol. The lowest BCUT2D eigenvalue weighted by atomic mass is 10.7. The Kier molecular flexibility index (Phi) is 4.30. The Hall–Kier alpha value is 0.250. The van der Waals surface area contributed by atoms with Gasteiger partial charge < -0.3 is 0 Å². The second-order valence-electron chi connectivity index (χ2n) is 1.46. The summed E-state index contributed by atoms with van der Waals surface area (Å²) in [7, 11) is -3.53. The van der Waals surface area contributed by atoms with Gasteiger partial charge in [-0.2, -0.15) is 0 Å². The predicted molar refractivity (Wildman–Crippen MR) is 36.7 cm³/mol. The van der Waals surface area contributed by atoms with Crippen LogP contribution < -0.4 is 4.72 Å². The minimum Gasteiger partial charge on any atom is -0.212 e. The monoisotopic (exact) mass is 237 g/mol. The maximum atomic E-state index is 11.4. The van der Waals surface area contributed by atoms with E-state index in [1.165, 1.54) is 0 Å². The molecule has 10 heavy (non-hydrogen) atoms. The molecule has 0 aliphatic heterocycles. The molecule has 0 aliphatic rings. The summed E-state index contributed by atoms with van der Waals surface area (Å²) >= 11 is 2.63. The summed E-state index contributed by atoms with van der Waals surface area (Å²) in [6.45, 7) is -0.825. The SMILES string of the molecule is O=S(=O)(CBr)NCC(F)F.